The highest BCUT2D eigenvalue weighted by molar-refractivity contribution is 9.10. The Morgan fingerprint density at radius 2 is 2.05 bits per heavy atom. The van der Waals surface area contributed by atoms with Gasteiger partial charge in [-0.15, -0.1) is 0 Å². The van der Waals surface area contributed by atoms with Crippen LogP contribution in [-0.2, 0) is 0 Å². The number of hydrogen-bond donors (Lipinski definition) is 1. The van der Waals surface area contributed by atoms with Crippen LogP contribution >= 0.6 is 31.9 Å². The summed E-state index contributed by atoms with van der Waals surface area (Å²) in [4.78, 5) is 12.0. The van der Waals surface area contributed by atoms with Crippen molar-refractivity contribution in [2.45, 2.75) is 0 Å². The number of benzene rings is 2. The van der Waals surface area contributed by atoms with Gasteiger partial charge in [-0.2, -0.15) is 5.10 Å². The van der Waals surface area contributed by atoms with Crippen LogP contribution in [0.5, 0.6) is 5.75 Å². The van der Waals surface area contributed by atoms with Gasteiger partial charge >= 0.3 is 0 Å². The van der Waals surface area contributed by atoms with E-state index in [-0.39, 0.29) is 5.91 Å². The molecule has 21 heavy (non-hydrogen) atoms. The predicted molar refractivity (Wildman–Crippen MR) is 89.9 cm³/mol. The van der Waals surface area contributed by atoms with Crippen molar-refractivity contribution in [1.29, 1.82) is 0 Å². The summed E-state index contributed by atoms with van der Waals surface area (Å²) in [6.45, 7) is 0. The highest BCUT2D eigenvalue weighted by atomic mass is 79.9. The molecular formula is C15H12Br2N2O2. The van der Waals surface area contributed by atoms with Crippen LogP contribution in [0, 0.1) is 0 Å². The third-order valence-corrected chi connectivity index (χ3v) is 3.76. The fourth-order valence-corrected chi connectivity index (χ4v) is 2.58. The van der Waals surface area contributed by atoms with E-state index in [2.05, 4.69) is 42.4 Å². The number of halogens is 2. The minimum Gasteiger partial charge on any atom is -0.496 e. The van der Waals surface area contributed by atoms with Crippen molar-refractivity contribution in [3.63, 3.8) is 0 Å². The van der Waals surface area contributed by atoms with E-state index in [0.29, 0.717) is 15.8 Å². The van der Waals surface area contributed by atoms with Gasteiger partial charge in [0.05, 0.1) is 17.8 Å². The number of ether oxygens (including phenoxy) is 1. The molecule has 0 fully saturated rings. The second-order valence-electron chi connectivity index (χ2n) is 4.10. The Kier molecular flexibility index (Phi) is 5.52. The first-order valence-electron chi connectivity index (χ1n) is 6.02. The second-order valence-corrected chi connectivity index (χ2v) is 5.87. The van der Waals surface area contributed by atoms with Gasteiger partial charge in [-0.3, -0.25) is 4.79 Å². The molecule has 0 saturated heterocycles. The van der Waals surface area contributed by atoms with Crippen molar-refractivity contribution in [2.24, 2.45) is 5.10 Å². The third kappa shape index (κ3) is 4.41. The SMILES string of the molecule is COc1ccc(C(=O)NN=Cc2cccc(Br)c2)cc1Br. The molecule has 4 nitrogen and oxygen atoms in total. The maximum Gasteiger partial charge on any atom is 0.271 e. The van der Waals surface area contributed by atoms with E-state index >= 15 is 0 Å². The number of carbonyl (C=O) groups excluding carboxylic acids is 1. The average Bonchev–Trinajstić information content (AvgIpc) is 2.47. The van der Waals surface area contributed by atoms with Crippen molar-refractivity contribution >= 4 is 44.0 Å². The minimum absolute atomic E-state index is 0.287. The summed E-state index contributed by atoms with van der Waals surface area (Å²) >= 11 is 6.71. The van der Waals surface area contributed by atoms with E-state index in [0.717, 1.165) is 10.0 Å². The van der Waals surface area contributed by atoms with Crippen molar-refractivity contribution in [3.8, 4) is 5.75 Å². The van der Waals surface area contributed by atoms with E-state index in [4.69, 9.17) is 4.74 Å². The molecule has 1 amide bonds. The lowest BCUT2D eigenvalue weighted by atomic mass is 10.2. The number of carbonyl (C=O) groups is 1. The van der Waals surface area contributed by atoms with Gasteiger partial charge in [0.25, 0.3) is 5.91 Å². The molecule has 108 valence electrons. The van der Waals surface area contributed by atoms with Gasteiger partial charge in [-0.25, -0.2) is 5.43 Å². The van der Waals surface area contributed by atoms with Crippen LogP contribution in [0.3, 0.4) is 0 Å². The summed E-state index contributed by atoms with van der Waals surface area (Å²) < 4.78 is 6.79. The number of nitrogens with one attached hydrogen (secondary N) is 1. The van der Waals surface area contributed by atoms with E-state index in [1.165, 1.54) is 0 Å². The first kappa shape index (κ1) is 15.7. The quantitative estimate of drug-likeness (QED) is 0.610. The zero-order valence-electron chi connectivity index (χ0n) is 11.1. The molecule has 1 N–H and O–H groups in total. The monoisotopic (exact) mass is 410 g/mol. The summed E-state index contributed by atoms with van der Waals surface area (Å²) in [6.07, 6.45) is 1.58. The smallest absolute Gasteiger partial charge is 0.271 e. The maximum atomic E-state index is 12.0. The van der Waals surface area contributed by atoms with Crippen LogP contribution in [0.4, 0.5) is 0 Å². The Labute approximate surface area is 139 Å². The molecule has 0 unspecified atom stereocenters. The fourth-order valence-electron chi connectivity index (χ4n) is 1.62. The van der Waals surface area contributed by atoms with Gasteiger partial charge in [0.2, 0.25) is 0 Å². The first-order valence-corrected chi connectivity index (χ1v) is 7.61. The molecule has 0 atom stereocenters. The third-order valence-electron chi connectivity index (χ3n) is 2.64. The second kappa shape index (κ2) is 7.38. The molecule has 2 aromatic carbocycles. The van der Waals surface area contributed by atoms with E-state index in [1.54, 1.807) is 31.5 Å². The largest absolute Gasteiger partial charge is 0.496 e. The summed E-state index contributed by atoms with van der Waals surface area (Å²) in [5.74, 6) is 0.383. The maximum absolute atomic E-state index is 12.0. The molecule has 2 rings (SSSR count). The number of amides is 1. The number of methoxy groups -OCH3 is 1. The van der Waals surface area contributed by atoms with Crippen LogP contribution in [0.1, 0.15) is 15.9 Å². The predicted octanol–water partition coefficient (Wildman–Crippen LogP) is 3.98. The standard InChI is InChI=1S/C15H12Br2N2O2/c1-21-14-6-5-11(8-13(14)17)15(20)19-18-9-10-3-2-4-12(16)7-10/h2-9H,1H3,(H,19,20). The lowest BCUT2D eigenvalue weighted by molar-refractivity contribution is 0.0955. The Morgan fingerprint density at radius 3 is 2.71 bits per heavy atom. The molecule has 0 aromatic heterocycles. The van der Waals surface area contributed by atoms with Crippen molar-refractivity contribution in [3.05, 3.63) is 62.5 Å². The Balaban J connectivity index is 2.03. The minimum atomic E-state index is -0.287. The van der Waals surface area contributed by atoms with Crippen LogP contribution < -0.4 is 10.2 Å². The molecule has 0 spiro atoms. The van der Waals surface area contributed by atoms with Crippen LogP contribution in [-0.4, -0.2) is 19.2 Å². The van der Waals surface area contributed by atoms with Gasteiger partial charge in [-0.1, -0.05) is 28.1 Å². The number of rotatable bonds is 4. The lowest BCUT2D eigenvalue weighted by Gasteiger charge is -2.05. The van der Waals surface area contributed by atoms with Gasteiger partial charge in [-0.05, 0) is 51.8 Å². The van der Waals surface area contributed by atoms with Crippen LogP contribution in [0.15, 0.2) is 56.5 Å². The van der Waals surface area contributed by atoms with Crippen molar-refractivity contribution in [1.82, 2.24) is 5.43 Å². The molecule has 2 aromatic rings. The van der Waals surface area contributed by atoms with Gasteiger partial charge in [0.1, 0.15) is 5.75 Å². The molecule has 0 aliphatic carbocycles. The van der Waals surface area contributed by atoms with Gasteiger partial charge < -0.3 is 4.74 Å². The summed E-state index contributed by atoms with van der Waals surface area (Å²) in [5, 5.41) is 3.94. The number of nitrogens with zero attached hydrogens (tertiary/aromatic N) is 1. The fraction of sp³-hybridized carbons (Fsp3) is 0.0667. The summed E-state index contributed by atoms with van der Waals surface area (Å²) in [6, 6.07) is 12.7. The molecular weight excluding hydrogens is 400 g/mol. The normalized spacial score (nSPS) is 10.6. The molecule has 0 heterocycles. The highest BCUT2D eigenvalue weighted by Crippen LogP contribution is 2.25. The molecule has 0 saturated carbocycles. The van der Waals surface area contributed by atoms with Gasteiger partial charge in [0, 0.05) is 10.0 Å². The molecule has 6 heteroatoms. The zero-order valence-corrected chi connectivity index (χ0v) is 14.3. The summed E-state index contributed by atoms with van der Waals surface area (Å²) in [7, 11) is 1.57. The summed E-state index contributed by atoms with van der Waals surface area (Å²) in [5.41, 5.74) is 3.87. The topological polar surface area (TPSA) is 50.7 Å². The Morgan fingerprint density at radius 1 is 1.24 bits per heavy atom. The molecule has 0 bridgehead atoms. The first-order chi connectivity index (χ1) is 10.1. The van der Waals surface area contributed by atoms with E-state index in [9.17, 15) is 4.79 Å². The highest BCUT2D eigenvalue weighted by Gasteiger charge is 2.07. The molecule has 0 radical (unpaired) electrons. The Hall–Kier alpha value is -1.66. The van der Waals surface area contributed by atoms with Crippen molar-refractivity contribution in [2.75, 3.05) is 7.11 Å². The molecule has 0 aliphatic heterocycles. The van der Waals surface area contributed by atoms with Crippen LogP contribution in [0.2, 0.25) is 0 Å². The number of hydrogen-bond acceptors (Lipinski definition) is 3. The zero-order chi connectivity index (χ0) is 15.2. The lowest BCUT2D eigenvalue weighted by Crippen LogP contribution is -2.17. The van der Waals surface area contributed by atoms with E-state index < -0.39 is 0 Å². The van der Waals surface area contributed by atoms with E-state index in [1.807, 2.05) is 24.3 Å². The van der Waals surface area contributed by atoms with Crippen LogP contribution in [0.25, 0.3) is 0 Å². The van der Waals surface area contributed by atoms with Gasteiger partial charge in [0.15, 0.2) is 0 Å². The van der Waals surface area contributed by atoms with Crippen molar-refractivity contribution < 1.29 is 9.53 Å². The Bertz CT molecular complexity index is 687. The average molecular weight is 412 g/mol. The number of hydrazone groups is 1. The molecule has 0 aliphatic rings.